The first kappa shape index (κ1) is 19.7. The number of ether oxygens (including phenoxy) is 2. The summed E-state index contributed by atoms with van der Waals surface area (Å²) in [7, 11) is 0. The summed E-state index contributed by atoms with van der Waals surface area (Å²) in [6.45, 7) is 4.96. The SMILES string of the molecule is CCOC(=O)N1CCC(NC(=O)C2=C(C)C(=O)OC23CCCCCC3)CC1. The van der Waals surface area contributed by atoms with Crippen molar-refractivity contribution in [3.05, 3.63) is 11.1 Å². The van der Waals surface area contributed by atoms with E-state index in [2.05, 4.69) is 5.32 Å². The third-order valence-corrected chi connectivity index (χ3v) is 5.92. The summed E-state index contributed by atoms with van der Waals surface area (Å²) in [4.78, 5) is 38.8. The lowest BCUT2D eigenvalue weighted by atomic mass is 9.84. The van der Waals surface area contributed by atoms with Crippen LogP contribution in [0.15, 0.2) is 11.1 Å². The molecule has 2 amide bonds. The molecule has 0 atom stereocenters. The van der Waals surface area contributed by atoms with Crippen molar-refractivity contribution in [3.8, 4) is 0 Å². The van der Waals surface area contributed by atoms with Crippen molar-refractivity contribution in [2.45, 2.75) is 76.9 Å². The number of rotatable bonds is 3. The van der Waals surface area contributed by atoms with Gasteiger partial charge < -0.3 is 19.7 Å². The lowest BCUT2D eigenvalue weighted by Crippen LogP contribution is -2.48. The van der Waals surface area contributed by atoms with E-state index >= 15 is 0 Å². The molecule has 0 unspecified atom stereocenters. The Morgan fingerprint density at radius 2 is 1.81 bits per heavy atom. The zero-order valence-corrected chi connectivity index (χ0v) is 16.3. The van der Waals surface area contributed by atoms with Crippen LogP contribution in [0.5, 0.6) is 0 Å². The fraction of sp³-hybridized carbons (Fsp3) is 0.750. The van der Waals surface area contributed by atoms with Crippen LogP contribution in [0.25, 0.3) is 0 Å². The van der Waals surface area contributed by atoms with E-state index in [1.807, 2.05) is 0 Å². The monoisotopic (exact) mass is 378 g/mol. The van der Waals surface area contributed by atoms with Crippen LogP contribution in [-0.4, -0.2) is 54.2 Å². The number of carbonyl (C=O) groups is 3. The van der Waals surface area contributed by atoms with Crippen LogP contribution in [0.3, 0.4) is 0 Å². The van der Waals surface area contributed by atoms with Crippen LogP contribution < -0.4 is 5.32 Å². The largest absolute Gasteiger partial charge is 0.451 e. The van der Waals surface area contributed by atoms with Crippen LogP contribution in [0.2, 0.25) is 0 Å². The summed E-state index contributed by atoms with van der Waals surface area (Å²) in [6.07, 6.45) is 6.66. The van der Waals surface area contributed by atoms with Gasteiger partial charge in [-0.3, -0.25) is 4.79 Å². The number of piperidine rings is 1. The number of nitrogens with zero attached hydrogens (tertiary/aromatic N) is 1. The van der Waals surface area contributed by atoms with E-state index in [0.717, 1.165) is 38.5 Å². The van der Waals surface area contributed by atoms with E-state index in [1.54, 1.807) is 18.7 Å². The highest BCUT2D eigenvalue weighted by Gasteiger charge is 2.49. The average molecular weight is 378 g/mol. The predicted octanol–water partition coefficient (Wildman–Crippen LogP) is 2.69. The number of amides is 2. The second-order valence-corrected chi connectivity index (χ2v) is 7.73. The summed E-state index contributed by atoms with van der Waals surface area (Å²) in [6, 6.07) is -0.0120. The quantitative estimate of drug-likeness (QED) is 0.763. The van der Waals surface area contributed by atoms with Gasteiger partial charge in [-0.1, -0.05) is 12.8 Å². The average Bonchev–Trinajstić information content (AvgIpc) is 2.78. The first-order valence-electron chi connectivity index (χ1n) is 10.1. The van der Waals surface area contributed by atoms with Gasteiger partial charge >= 0.3 is 12.1 Å². The smallest absolute Gasteiger partial charge is 0.409 e. The second-order valence-electron chi connectivity index (χ2n) is 7.73. The van der Waals surface area contributed by atoms with Gasteiger partial charge in [0.1, 0.15) is 5.60 Å². The minimum atomic E-state index is -0.743. The molecule has 3 aliphatic rings. The molecule has 1 spiro atoms. The highest BCUT2D eigenvalue weighted by atomic mass is 16.6. The van der Waals surface area contributed by atoms with Gasteiger partial charge in [0.2, 0.25) is 0 Å². The molecule has 3 rings (SSSR count). The molecule has 1 N–H and O–H groups in total. The Labute approximate surface area is 160 Å². The Balaban J connectivity index is 1.64. The summed E-state index contributed by atoms with van der Waals surface area (Å²) >= 11 is 0. The zero-order chi connectivity index (χ0) is 19.4. The minimum absolute atomic E-state index is 0.0120. The Hall–Kier alpha value is -2.05. The number of hydrogen-bond acceptors (Lipinski definition) is 5. The number of nitrogens with one attached hydrogen (secondary N) is 1. The van der Waals surface area contributed by atoms with E-state index in [-0.39, 0.29) is 24.0 Å². The van der Waals surface area contributed by atoms with Crippen molar-refractivity contribution in [2.24, 2.45) is 0 Å². The van der Waals surface area contributed by atoms with Gasteiger partial charge in [-0.05, 0) is 52.4 Å². The van der Waals surface area contributed by atoms with Crippen molar-refractivity contribution in [3.63, 3.8) is 0 Å². The number of likely N-dealkylation sites (tertiary alicyclic amines) is 1. The zero-order valence-electron chi connectivity index (χ0n) is 16.3. The molecule has 7 nitrogen and oxygen atoms in total. The van der Waals surface area contributed by atoms with Crippen LogP contribution in [0, 0.1) is 0 Å². The van der Waals surface area contributed by atoms with Crippen molar-refractivity contribution < 1.29 is 23.9 Å². The van der Waals surface area contributed by atoms with E-state index in [0.29, 0.717) is 43.7 Å². The molecule has 1 saturated heterocycles. The first-order chi connectivity index (χ1) is 13.0. The van der Waals surface area contributed by atoms with Gasteiger partial charge in [-0.25, -0.2) is 9.59 Å². The molecule has 0 aromatic rings. The molecular weight excluding hydrogens is 348 g/mol. The summed E-state index contributed by atoms with van der Waals surface area (Å²) < 4.78 is 10.8. The van der Waals surface area contributed by atoms with Crippen LogP contribution in [0.4, 0.5) is 4.79 Å². The molecule has 2 heterocycles. The third kappa shape index (κ3) is 4.12. The van der Waals surface area contributed by atoms with Gasteiger partial charge in [0.25, 0.3) is 5.91 Å². The Kier molecular flexibility index (Phi) is 6.07. The molecule has 0 aromatic carbocycles. The summed E-state index contributed by atoms with van der Waals surface area (Å²) in [5.74, 6) is -0.547. The van der Waals surface area contributed by atoms with Crippen molar-refractivity contribution in [2.75, 3.05) is 19.7 Å². The standard InChI is InChI=1S/C20H30N2O5/c1-3-26-19(25)22-12-8-15(9-13-22)21-17(23)16-14(2)18(24)27-20(16)10-6-4-5-7-11-20/h15H,3-13H2,1-2H3,(H,21,23). The fourth-order valence-corrected chi connectivity index (χ4v) is 4.46. The normalized spacial score (nSPS) is 23.2. The van der Waals surface area contributed by atoms with Crippen LogP contribution >= 0.6 is 0 Å². The fourth-order valence-electron chi connectivity index (χ4n) is 4.46. The molecule has 0 radical (unpaired) electrons. The third-order valence-electron chi connectivity index (χ3n) is 5.92. The van der Waals surface area contributed by atoms with Crippen LogP contribution in [0.1, 0.15) is 65.2 Å². The number of carbonyl (C=O) groups excluding carboxylic acids is 3. The second kappa shape index (κ2) is 8.31. The maximum absolute atomic E-state index is 13.1. The van der Waals surface area contributed by atoms with Gasteiger partial charge in [0, 0.05) is 24.7 Å². The predicted molar refractivity (Wildman–Crippen MR) is 99.0 cm³/mol. The number of hydrogen-bond donors (Lipinski definition) is 1. The lowest BCUT2D eigenvalue weighted by Gasteiger charge is -2.33. The summed E-state index contributed by atoms with van der Waals surface area (Å²) in [5, 5.41) is 3.09. The van der Waals surface area contributed by atoms with Crippen molar-refractivity contribution in [1.82, 2.24) is 10.2 Å². The molecule has 150 valence electrons. The molecule has 1 aliphatic carbocycles. The highest BCUT2D eigenvalue weighted by molar-refractivity contribution is 6.07. The van der Waals surface area contributed by atoms with Gasteiger partial charge in [0.15, 0.2) is 0 Å². The van der Waals surface area contributed by atoms with Gasteiger partial charge in [0.05, 0.1) is 12.2 Å². The molecule has 27 heavy (non-hydrogen) atoms. The Morgan fingerprint density at radius 1 is 1.19 bits per heavy atom. The van der Waals surface area contributed by atoms with E-state index in [4.69, 9.17) is 9.47 Å². The molecule has 2 fully saturated rings. The van der Waals surface area contributed by atoms with Crippen molar-refractivity contribution >= 4 is 18.0 Å². The molecule has 1 saturated carbocycles. The van der Waals surface area contributed by atoms with E-state index < -0.39 is 5.60 Å². The van der Waals surface area contributed by atoms with Crippen molar-refractivity contribution in [1.29, 1.82) is 0 Å². The molecular formula is C20H30N2O5. The molecule has 0 aromatic heterocycles. The van der Waals surface area contributed by atoms with Gasteiger partial charge in [-0.15, -0.1) is 0 Å². The first-order valence-corrected chi connectivity index (χ1v) is 10.1. The molecule has 2 aliphatic heterocycles. The highest BCUT2D eigenvalue weighted by Crippen LogP contribution is 2.43. The molecule has 0 bridgehead atoms. The maximum atomic E-state index is 13.1. The maximum Gasteiger partial charge on any atom is 0.409 e. The Bertz CT molecular complexity index is 626. The lowest BCUT2D eigenvalue weighted by molar-refractivity contribution is -0.148. The Morgan fingerprint density at radius 3 is 2.41 bits per heavy atom. The molecule has 7 heteroatoms. The topological polar surface area (TPSA) is 84.9 Å². The van der Waals surface area contributed by atoms with E-state index in [9.17, 15) is 14.4 Å². The minimum Gasteiger partial charge on any atom is -0.451 e. The summed E-state index contributed by atoms with van der Waals surface area (Å²) in [5.41, 5.74) is 0.230. The van der Waals surface area contributed by atoms with E-state index in [1.165, 1.54) is 0 Å². The van der Waals surface area contributed by atoms with Gasteiger partial charge in [-0.2, -0.15) is 0 Å². The van der Waals surface area contributed by atoms with Crippen LogP contribution in [-0.2, 0) is 19.1 Å². The number of esters is 1.